The highest BCUT2D eigenvalue weighted by molar-refractivity contribution is 4.98. The summed E-state index contributed by atoms with van der Waals surface area (Å²) in [7, 11) is 2.22. The highest BCUT2D eigenvalue weighted by atomic mass is 15.2. The monoisotopic (exact) mass is 183 g/mol. The maximum atomic E-state index is 3.67. The van der Waals surface area contributed by atoms with Crippen LogP contribution in [-0.4, -0.2) is 50.2 Å². The fraction of sp³-hybridized carbons (Fsp3) is 1.00. The normalized spacial score (nSPS) is 42.5. The van der Waals surface area contributed by atoms with E-state index in [1.807, 2.05) is 0 Å². The Kier molecular flexibility index (Phi) is 2.58. The third kappa shape index (κ3) is 1.87. The third-order valence-electron chi connectivity index (χ3n) is 3.62. The van der Waals surface area contributed by atoms with Gasteiger partial charge in [0.05, 0.1) is 0 Å². The van der Waals surface area contributed by atoms with Gasteiger partial charge in [-0.15, -0.1) is 0 Å². The Morgan fingerprint density at radius 2 is 2.23 bits per heavy atom. The molecule has 2 aliphatic heterocycles. The largest absolute Gasteiger partial charge is 0.314 e. The standard InChI is InChI=1S/C10H21N3/c1-10(8-11-4-5-12-10)9-3-6-13(2)7-9/h9,11-12H,3-8H2,1-2H3. The second-order valence-corrected chi connectivity index (χ2v) is 4.77. The fourth-order valence-electron chi connectivity index (χ4n) is 2.59. The molecule has 0 aromatic rings. The summed E-state index contributed by atoms with van der Waals surface area (Å²) in [6, 6.07) is 0. The minimum absolute atomic E-state index is 0.336. The molecule has 0 amide bonds. The van der Waals surface area contributed by atoms with Crippen LogP contribution < -0.4 is 10.6 Å². The van der Waals surface area contributed by atoms with Crippen molar-refractivity contribution in [2.45, 2.75) is 18.9 Å². The molecule has 2 heterocycles. The molecule has 2 N–H and O–H groups in total. The van der Waals surface area contributed by atoms with Gasteiger partial charge in [0, 0.05) is 31.7 Å². The third-order valence-corrected chi connectivity index (χ3v) is 3.62. The predicted octanol–water partition coefficient (Wildman–Crippen LogP) is -0.110. The lowest BCUT2D eigenvalue weighted by Crippen LogP contribution is -2.61. The minimum Gasteiger partial charge on any atom is -0.314 e. The van der Waals surface area contributed by atoms with Crippen molar-refractivity contribution in [3.63, 3.8) is 0 Å². The first-order valence-electron chi connectivity index (χ1n) is 5.35. The van der Waals surface area contributed by atoms with Gasteiger partial charge < -0.3 is 15.5 Å². The molecule has 76 valence electrons. The van der Waals surface area contributed by atoms with E-state index in [4.69, 9.17) is 0 Å². The molecule has 3 nitrogen and oxygen atoms in total. The molecule has 0 bridgehead atoms. The van der Waals surface area contributed by atoms with Crippen molar-refractivity contribution < 1.29 is 0 Å². The van der Waals surface area contributed by atoms with Gasteiger partial charge in [0.1, 0.15) is 0 Å². The second kappa shape index (κ2) is 3.56. The number of piperazine rings is 1. The number of rotatable bonds is 1. The average molecular weight is 183 g/mol. The smallest absolute Gasteiger partial charge is 0.0319 e. The van der Waals surface area contributed by atoms with Crippen molar-refractivity contribution in [2.75, 3.05) is 39.8 Å². The molecule has 3 heteroatoms. The van der Waals surface area contributed by atoms with Gasteiger partial charge in [0.25, 0.3) is 0 Å². The molecule has 2 atom stereocenters. The van der Waals surface area contributed by atoms with E-state index in [1.165, 1.54) is 19.5 Å². The van der Waals surface area contributed by atoms with Crippen LogP contribution in [0.15, 0.2) is 0 Å². The molecule has 2 fully saturated rings. The van der Waals surface area contributed by atoms with Crippen LogP contribution in [0.25, 0.3) is 0 Å². The molecule has 2 aliphatic rings. The number of hydrogen-bond acceptors (Lipinski definition) is 3. The van der Waals surface area contributed by atoms with E-state index >= 15 is 0 Å². The highest BCUT2D eigenvalue weighted by Gasteiger charge is 2.38. The maximum absolute atomic E-state index is 3.67. The summed E-state index contributed by atoms with van der Waals surface area (Å²) < 4.78 is 0. The molecular formula is C10H21N3. The zero-order chi connectivity index (χ0) is 9.31. The Bertz CT molecular complexity index is 175. The van der Waals surface area contributed by atoms with Gasteiger partial charge in [-0.25, -0.2) is 0 Å². The summed E-state index contributed by atoms with van der Waals surface area (Å²) in [6.07, 6.45) is 1.35. The van der Waals surface area contributed by atoms with E-state index in [9.17, 15) is 0 Å². The van der Waals surface area contributed by atoms with Gasteiger partial charge >= 0.3 is 0 Å². The van der Waals surface area contributed by atoms with Gasteiger partial charge in [-0.05, 0) is 32.9 Å². The van der Waals surface area contributed by atoms with Crippen molar-refractivity contribution in [1.82, 2.24) is 15.5 Å². The van der Waals surface area contributed by atoms with Crippen LogP contribution in [0.4, 0.5) is 0 Å². The lowest BCUT2D eigenvalue weighted by atomic mass is 9.83. The van der Waals surface area contributed by atoms with Crippen LogP contribution in [0.1, 0.15) is 13.3 Å². The van der Waals surface area contributed by atoms with Gasteiger partial charge in [-0.1, -0.05) is 0 Å². The molecule has 2 unspecified atom stereocenters. The Balaban J connectivity index is 1.97. The Morgan fingerprint density at radius 3 is 2.77 bits per heavy atom. The lowest BCUT2D eigenvalue weighted by molar-refractivity contribution is 0.199. The van der Waals surface area contributed by atoms with E-state index in [1.54, 1.807) is 0 Å². The number of nitrogens with one attached hydrogen (secondary N) is 2. The van der Waals surface area contributed by atoms with Crippen molar-refractivity contribution in [2.24, 2.45) is 5.92 Å². The Hall–Kier alpha value is -0.120. The summed E-state index contributed by atoms with van der Waals surface area (Å²) in [5.41, 5.74) is 0.336. The first-order chi connectivity index (χ1) is 6.21. The summed E-state index contributed by atoms with van der Waals surface area (Å²) >= 11 is 0. The molecule has 13 heavy (non-hydrogen) atoms. The van der Waals surface area contributed by atoms with Gasteiger partial charge in [-0.3, -0.25) is 0 Å². The van der Waals surface area contributed by atoms with Crippen LogP contribution in [-0.2, 0) is 0 Å². The van der Waals surface area contributed by atoms with Crippen molar-refractivity contribution in [3.8, 4) is 0 Å². The fourth-order valence-corrected chi connectivity index (χ4v) is 2.59. The lowest BCUT2D eigenvalue weighted by Gasteiger charge is -2.40. The van der Waals surface area contributed by atoms with Crippen molar-refractivity contribution in [1.29, 1.82) is 0 Å². The number of nitrogens with zero attached hydrogens (tertiary/aromatic N) is 1. The molecule has 0 aromatic heterocycles. The average Bonchev–Trinajstić information content (AvgIpc) is 2.54. The predicted molar refractivity (Wildman–Crippen MR) is 54.9 cm³/mol. The quantitative estimate of drug-likeness (QED) is 0.594. The molecule has 0 aliphatic carbocycles. The summed E-state index contributed by atoms with van der Waals surface area (Å²) in [6.45, 7) is 8.26. The first kappa shape index (κ1) is 9.44. The van der Waals surface area contributed by atoms with Gasteiger partial charge in [0.15, 0.2) is 0 Å². The zero-order valence-corrected chi connectivity index (χ0v) is 8.77. The maximum Gasteiger partial charge on any atom is 0.0319 e. The summed E-state index contributed by atoms with van der Waals surface area (Å²) in [4.78, 5) is 2.44. The van der Waals surface area contributed by atoms with E-state index in [0.29, 0.717) is 5.54 Å². The van der Waals surface area contributed by atoms with Crippen LogP contribution in [0.5, 0.6) is 0 Å². The number of likely N-dealkylation sites (tertiary alicyclic amines) is 1. The van der Waals surface area contributed by atoms with Crippen molar-refractivity contribution >= 4 is 0 Å². The SMILES string of the molecule is CN1CCC(C2(C)CNCCN2)C1. The molecule has 0 radical (unpaired) electrons. The van der Waals surface area contributed by atoms with Gasteiger partial charge in [-0.2, -0.15) is 0 Å². The molecule has 0 spiro atoms. The second-order valence-electron chi connectivity index (χ2n) is 4.77. The number of hydrogen-bond donors (Lipinski definition) is 2. The molecule has 2 saturated heterocycles. The first-order valence-corrected chi connectivity index (χ1v) is 5.35. The molecule has 2 rings (SSSR count). The Labute approximate surface area is 80.9 Å². The van der Waals surface area contributed by atoms with Crippen LogP contribution in [0.2, 0.25) is 0 Å². The van der Waals surface area contributed by atoms with Crippen molar-refractivity contribution in [3.05, 3.63) is 0 Å². The molecule has 0 saturated carbocycles. The van der Waals surface area contributed by atoms with E-state index in [2.05, 4.69) is 29.5 Å². The van der Waals surface area contributed by atoms with Gasteiger partial charge in [0.2, 0.25) is 0 Å². The minimum atomic E-state index is 0.336. The van der Waals surface area contributed by atoms with E-state index in [0.717, 1.165) is 25.6 Å². The summed E-state index contributed by atoms with van der Waals surface area (Å²) in [5.74, 6) is 0.824. The van der Waals surface area contributed by atoms with E-state index < -0.39 is 0 Å². The van der Waals surface area contributed by atoms with E-state index in [-0.39, 0.29) is 0 Å². The van der Waals surface area contributed by atoms with Crippen LogP contribution in [0, 0.1) is 5.92 Å². The Morgan fingerprint density at radius 1 is 1.38 bits per heavy atom. The van der Waals surface area contributed by atoms with Crippen LogP contribution in [0.3, 0.4) is 0 Å². The topological polar surface area (TPSA) is 27.3 Å². The van der Waals surface area contributed by atoms with Crippen LogP contribution >= 0.6 is 0 Å². The summed E-state index contributed by atoms with van der Waals surface area (Å²) in [5, 5.41) is 7.15. The molecular weight excluding hydrogens is 162 g/mol. The molecule has 0 aromatic carbocycles. The zero-order valence-electron chi connectivity index (χ0n) is 8.77. The highest BCUT2D eigenvalue weighted by Crippen LogP contribution is 2.27.